The van der Waals surface area contributed by atoms with E-state index >= 15 is 0 Å². The van der Waals surface area contributed by atoms with Crippen LogP contribution in [0, 0.1) is 0 Å². The number of rotatable bonds is 6. The maximum Gasteiger partial charge on any atom is 0.323 e. The number of likely N-dealkylation sites (tertiary alicyclic amines) is 1. The van der Waals surface area contributed by atoms with Crippen molar-refractivity contribution in [3.05, 3.63) is 0 Å². The smallest absolute Gasteiger partial charge is 0.323 e. The lowest BCUT2D eigenvalue weighted by Crippen LogP contribution is -2.44. The number of amides is 1. The Morgan fingerprint density at radius 3 is 2.94 bits per heavy atom. The molecular weight excluding hydrogens is 222 g/mol. The number of hydrogen-bond donors (Lipinski definition) is 2. The standard InChI is InChI=1S/C11H21N3O3/c1-2-17-11(16)9-4-3-7-14(9)8-10(15)13-6-5-12/h9H,2-8,12H2,1H3,(H,13,15). The van der Waals surface area contributed by atoms with Crippen molar-refractivity contribution in [1.82, 2.24) is 10.2 Å². The van der Waals surface area contributed by atoms with E-state index in [1.54, 1.807) is 6.92 Å². The lowest BCUT2D eigenvalue weighted by Gasteiger charge is -2.21. The van der Waals surface area contributed by atoms with E-state index in [1.165, 1.54) is 0 Å². The zero-order valence-corrected chi connectivity index (χ0v) is 10.3. The molecule has 1 saturated heterocycles. The van der Waals surface area contributed by atoms with Crippen molar-refractivity contribution in [3.8, 4) is 0 Å². The first-order valence-electron chi connectivity index (χ1n) is 6.06. The molecule has 1 amide bonds. The summed E-state index contributed by atoms with van der Waals surface area (Å²) >= 11 is 0. The van der Waals surface area contributed by atoms with Crippen LogP contribution in [0.15, 0.2) is 0 Å². The highest BCUT2D eigenvalue weighted by Crippen LogP contribution is 2.17. The summed E-state index contributed by atoms with van der Waals surface area (Å²) in [4.78, 5) is 25.0. The number of hydrogen-bond acceptors (Lipinski definition) is 5. The van der Waals surface area contributed by atoms with Gasteiger partial charge in [0.1, 0.15) is 6.04 Å². The molecule has 0 aromatic heterocycles. The molecule has 0 aromatic rings. The Morgan fingerprint density at radius 2 is 2.29 bits per heavy atom. The average Bonchev–Trinajstić information content (AvgIpc) is 2.75. The molecule has 1 rings (SSSR count). The molecule has 17 heavy (non-hydrogen) atoms. The third-order valence-electron chi connectivity index (χ3n) is 2.74. The fourth-order valence-electron chi connectivity index (χ4n) is 1.97. The molecule has 1 heterocycles. The van der Waals surface area contributed by atoms with Gasteiger partial charge in [0.15, 0.2) is 0 Å². The predicted molar refractivity (Wildman–Crippen MR) is 63.3 cm³/mol. The molecular formula is C11H21N3O3. The molecule has 0 spiro atoms. The predicted octanol–water partition coefficient (Wildman–Crippen LogP) is -0.911. The molecule has 0 saturated carbocycles. The summed E-state index contributed by atoms with van der Waals surface area (Å²) in [6, 6.07) is -0.265. The van der Waals surface area contributed by atoms with Gasteiger partial charge in [0.05, 0.1) is 13.2 Å². The fraction of sp³-hybridized carbons (Fsp3) is 0.818. The SMILES string of the molecule is CCOC(=O)C1CCCN1CC(=O)NCCN. The van der Waals surface area contributed by atoms with E-state index in [1.807, 2.05) is 4.90 Å². The Morgan fingerprint density at radius 1 is 1.53 bits per heavy atom. The van der Waals surface area contributed by atoms with Crippen LogP contribution in [0.4, 0.5) is 0 Å². The summed E-state index contributed by atoms with van der Waals surface area (Å²) in [5, 5.41) is 2.69. The zero-order valence-electron chi connectivity index (χ0n) is 10.3. The Hall–Kier alpha value is -1.14. The monoisotopic (exact) mass is 243 g/mol. The van der Waals surface area contributed by atoms with Crippen molar-refractivity contribution in [2.45, 2.75) is 25.8 Å². The average molecular weight is 243 g/mol. The minimum absolute atomic E-state index is 0.0911. The molecule has 3 N–H and O–H groups in total. The Balaban J connectivity index is 2.40. The Kier molecular flexibility index (Phi) is 5.93. The molecule has 6 nitrogen and oxygen atoms in total. The zero-order chi connectivity index (χ0) is 12.7. The van der Waals surface area contributed by atoms with Crippen molar-refractivity contribution in [2.24, 2.45) is 5.73 Å². The second-order valence-electron chi connectivity index (χ2n) is 4.02. The highest BCUT2D eigenvalue weighted by atomic mass is 16.5. The largest absolute Gasteiger partial charge is 0.465 e. The van der Waals surface area contributed by atoms with Gasteiger partial charge in [-0.05, 0) is 26.3 Å². The number of carbonyl (C=O) groups excluding carboxylic acids is 2. The second-order valence-corrected chi connectivity index (χ2v) is 4.02. The number of esters is 1. The van der Waals surface area contributed by atoms with Gasteiger partial charge in [0, 0.05) is 13.1 Å². The van der Waals surface area contributed by atoms with Crippen LogP contribution >= 0.6 is 0 Å². The van der Waals surface area contributed by atoms with E-state index in [2.05, 4.69) is 5.32 Å². The number of nitrogens with two attached hydrogens (primary N) is 1. The fourth-order valence-corrected chi connectivity index (χ4v) is 1.97. The lowest BCUT2D eigenvalue weighted by molar-refractivity contribution is -0.148. The molecule has 0 aliphatic carbocycles. The summed E-state index contributed by atoms with van der Waals surface area (Å²) in [5.41, 5.74) is 5.30. The minimum Gasteiger partial charge on any atom is -0.465 e. The third-order valence-corrected chi connectivity index (χ3v) is 2.74. The van der Waals surface area contributed by atoms with Crippen LogP contribution in [0.1, 0.15) is 19.8 Å². The number of carbonyl (C=O) groups is 2. The van der Waals surface area contributed by atoms with Gasteiger partial charge < -0.3 is 15.8 Å². The minimum atomic E-state index is -0.265. The number of nitrogens with one attached hydrogen (secondary N) is 1. The maximum atomic E-state index is 11.6. The summed E-state index contributed by atoms with van der Waals surface area (Å²) in [6.07, 6.45) is 1.69. The van der Waals surface area contributed by atoms with Crippen LogP contribution in [0.2, 0.25) is 0 Å². The Bertz CT molecular complexity index is 271. The van der Waals surface area contributed by atoms with Crippen molar-refractivity contribution >= 4 is 11.9 Å². The van der Waals surface area contributed by atoms with Crippen molar-refractivity contribution in [3.63, 3.8) is 0 Å². The molecule has 6 heteroatoms. The molecule has 0 bridgehead atoms. The van der Waals surface area contributed by atoms with Crippen LogP contribution in [-0.2, 0) is 14.3 Å². The first kappa shape index (κ1) is 13.9. The highest BCUT2D eigenvalue weighted by Gasteiger charge is 2.32. The van der Waals surface area contributed by atoms with Crippen LogP contribution < -0.4 is 11.1 Å². The lowest BCUT2D eigenvalue weighted by atomic mass is 10.2. The molecule has 1 atom stereocenters. The van der Waals surface area contributed by atoms with E-state index in [4.69, 9.17) is 10.5 Å². The maximum absolute atomic E-state index is 11.6. The number of nitrogens with zero attached hydrogens (tertiary/aromatic N) is 1. The van der Waals surface area contributed by atoms with Gasteiger partial charge in [-0.25, -0.2) is 0 Å². The van der Waals surface area contributed by atoms with Gasteiger partial charge >= 0.3 is 5.97 Å². The van der Waals surface area contributed by atoms with Gasteiger partial charge in [-0.3, -0.25) is 14.5 Å². The first-order chi connectivity index (χ1) is 8.19. The van der Waals surface area contributed by atoms with E-state index in [9.17, 15) is 9.59 Å². The van der Waals surface area contributed by atoms with Crippen molar-refractivity contribution < 1.29 is 14.3 Å². The molecule has 98 valence electrons. The summed E-state index contributed by atoms with van der Waals surface area (Å²) < 4.78 is 4.99. The Labute approximate surface area is 101 Å². The topological polar surface area (TPSA) is 84.7 Å². The van der Waals surface area contributed by atoms with Crippen molar-refractivity contribution in [1.29, 1.82) is 0 Å². The van der Waals surface area contributed by atoms with E-state index in [0.29, 0.717) is 19.7 Å². The third kappa shape index (κ3) is 4.32. The van der Waals surface area contributed by atoms with E-state index in [-0.39, 0.29) is 24.5 Å². The molecule has 1 unspecified atom stereocenters. The van der Waals surface area contributed by atoms with Gasteiger partial charge in [0.2, 0.25) is 5.91 Å². The second kappa shape index (κ2) is 7.24. The van der Waals surface area contributed by atoms with Crippen LogP contribution in [0.25, 0.3) is 0 Å². The van der Waals surface area contributed by atoms with E-state index < -0.39 is 0 Å². The summed E-state index contributed by atoms with van der Waals surface area (Å²) in [7, 11) is 0. The van der Waals surface area contributed by atoms with E-state index in [0.717, 1.165) is 19.4 Å². The first-order valence-corrected chi connectivity index (χ1v) is 6.06. The summed E-state index contributed by atoms with van der Waals surface area (Å²) in [5.74, 6) is -0.316. The van der Waals surface area contributed by atoms with Gasteiger partial charge in [-0.1, -0.05) is 0 Å². The van der Waals surface area contributed by atoms with Crippen LogP contribution in [0.5, 0.6) is 0 Å². The quantitative estimate of drug-likeness (QED) is 0.590. The molecule has 0 aromatic carbocycles. The van der Waals surface area contributed by atoms with Crippen molar-refractivity contribution in [2.75, 3.05) is 32.8 Å². The van der Waals surface area contributed by atoms with Crippen LogP contribution in [-0.4, -0.2) is 55.6 Å². The van der Waals surface area contributed by atoms with Crippen LogP contribution in [0.3, 0.4) is 0 Å². The molecule has 0 radical (unpaired) electrons. The number of ether oxygens (including phenoxy) is 1. The normalized spacial score (nSPS) is 20.2. The highest BCUT2D eigenvalue weighted by molar-refractivity contribution is 5.80. The van der Waals surface area contributed by atoms with Gasteiger partial charge in [0.25, 0.3) is 0 Å². The molecule has 1 fully saturated rings. The van der Waals surface area contributed by atoms with Gasteiger partial charge in [-0.15, -0.1) is 0 Å². The molecule has 1 aliphatic heterocycles. The van der Waals surface area contributed by atoms with Gasteiger partial charge in [-0.2, -0.15) is 0 Å². The molecule has 1 aliphatic rings. The summed E-state index contributed by atoms with van der Waals surface area (Å²) in [6.45, 7) is 4.06.